The van der Waals surface area contributed by atoms with Gasteiger partial charge in [-0.3, -0.25) is 14.6 Å². The maximum Gasteiger partial charge on any atom is 0.253 e. The summed E-state index contributed by atoms with van der Waals surface area (Å²) in [7, 11) is 1.61. The molecule has 0 aliphatic carbocycles. The van der Waals surface area contributed by atoms with Crippen molar-refractivity contribution in [2.75, 3.05) is 12.4 Å². The van der Waals surface area contributed by atoms with Gasteiger partial charge >= 0.3 is 0 Å². The van der Waals surface area contributed by atoms with Gasteiger partial charge in [0.25, 0.3) is 5.91 Å². The summed E-state index contributed by atoms with van der Waals surface area (Å²) in [6.45, 7) is 1.93. The first-order chi connectivity index (χ1) is 13.5. The fraction of sp³-hybridized carbons (Fsp3) is 0.136. The Morgan fingerprint density at radius 3 is 2.43 bits per heavy atom. The first-order valence-electron chi connectivity index (χ1n) is 8.79. The molecule has 3 aromatic rings. The number of amides is 1. The summed E-state index contributed by atoms with van der Waals surface area (Å²) in [5.41, 5.74) is 3.45. The van der Waals surface area contributed by atoms with Crippen LogP contribution in [-0.2, 0) is 6.54 Å². The lowest BCUT2D eigenvalue weighted by Crippen LogP contribution is -2.23. The molecule has 0 unspecified atom stereocenters. The zero-order valence-electron chi connectivity index (χ0n) is 15.7. The summed E-state index contributed by atoms with van der Waals surface area (Å²) in [6, 6.07) is 16.4. The van der Waals surface area contributed by atoms with Crippen LogP contribution in [0.25, 0.3) is 0 Å². The van der Waals surface area contributed by atoms with Crippen LogP contribution >= 0.6 is 0 Å². The molecule has 0 saturated heterocycles. The van der Waals surface area contributed by atoms with E-state index in [2.05, 4.69) is 15.6 Å². The monoisotopic (exact) mass is 375 g/mol. The first kappa shape index (κ1) is 19.1. The van der Waals surface area contributed by atoms with E-state index < -0.39 is 0 Å². The van der Waals surface area contributed by atoms with Gasteiger partial charge in [-0.25, -0.2) is 0 Å². The lowest BCUT2D eigenvalue weighted by Gasteiger charge is -2.10. The standard InChI is InChI=1S/C22H21N3O3/c1-15(26)17-4-3-5-19(10-17)25-20-11-18(13-23-14-20)22(27)24-12-16-6-8-21(28-2)9-7-16/h3-11,13-14,25H,12H2,1-2H3,(H,24,27). The maximum absolute atomic E-state index is 12.4. The van der Waals surface area contributed by atoms with Gasteiger partial charge in [0.15, 0.2) is 5.78 Å². The summed E-state index contributed by atoms with van der Waals surface area (Å²) < 4.78 is 5.13. The zero-order chi connectivity index (χ0) is 19.9. The van der Waals surface area contributed by atoms with E-state index in [4.69, 9.17) is 4.74 Å². The molecular weight excluding hydrogens is 354 g/mol. The summed E-state index contributed by atoms with van der Waals surface area (Å²) in [4.78, 5) is 28.1. The molecule has 2 N–H and O–H groups in total. The molecule has 2 aromatic carbocycles. The van der Waals surface area contributed by atoms with Crippen molar-refractivity contribution in [2.24, 2.45) is 0 Å². The Labute approximate surface area is 163 Å². The normalized spacial score (nSPS) is 10.2. The molecule has 0 fully saturated rings. The third-order valence-electron chi connectivity index (χ3n) is 4.17. The highest BCUT2D eigenvalue weighted by Crippen LogP contribution is 2.18. The van der Waals surface area contributed by atoms with Crippen LogP contribution < -0.4 is 15.4 Å². The van der Waals surface area contributed by atoms with Crippen molar-refractivity contribution < 1.29 is 14.3 Å². The van der Waals surface area contributed by atoms with E-state index in [0.717, 1.165) is 17.0 Å². The van der Waals surface area contributed by atoms with Gasteiger partial charge in [-0.05, 0) is 42.8 Å². The number of nitrogens with one attached hydrogen (secondary N) is 2. The predicted molar refractivity (Wildman–Crippen MR) is 108 cm³/mol. The first-order valence-corrected chi connectivity index (χ1v) is 8.79. The molecular formula is C22H21N3O3. The lowest BCUT2D eigenvalue weighted by atomic mass is 10.1. The molecule has 6 nitrogen and oxygen atoms in total. The Balaban J connectivity index is 1.65. The van der Waals surface area contributed by atoms with Gasteiger partial charge in [0.1, 0.15) is 5.75 Å². The van der Waals surface area contributed by atoms with Crippen molar-refractivity contribution in [2.45, 2.75) is 13.5 Å². The van der Waals surface area contributed by atoms with Gasteiger partial charge in [-0.2, -0.15) is 0 Å². The minimum atomic E-state index is -0.218. The van der Waals surface area contributed by atoms with E-state index in [-0.39, 0.29) is 11.7 Å². The summed E-state index contributed by atoms with van der Waals surface area (Å²) >= 11 is 0. The van der Waals surface area contributed by atoms with Crippen molar-refractivity contribution in [1.29, 1.82) is 0 Å². The highest BCUT2D eigenvalue weighted by Gasteiger charge is 2.08. The molecule has 142 valence electrons. The van der Waals surface area contributed by atoms with Gasteiger partial charge in [-0.1, -0.05) is 24.3 Å². The Bertz CT molecular complexity index is 984. The van der Waals surface area contributed by atoms with Crippen LogP contribution in [0.4, 0.5) is 11.4 Å². The summed E-state index contributed by atoms with van der Waals surface area (Å²) in [5.74, 6) is 0.546. The number of aromatic nitrogens is 1. The number of hydrogen-bond donors (Lipinski definition) is 2. The van der Waals surface area contributed by atoms with Gasteiger partial charge < -0.3 is 15.4 Å². The number of Topliss-reactive ketones (excluding diaryl/α,β-unsaturated/α-hetero) is 1. The molecule has 28 heavy (non-hydrogen) atoms. The number of anilines is 2. The largest absolute Gasteiger partial charge is 0.497 e. The van der Waals surface area contributed by atoms with Gasteiger partial charge in [0.05, 0.1) is 24.6 Å². The van der Waals surface area contributed by atoms with E-state index in [9.17, 15) is 9.59 Å². The van der Waals surface area contributed by atoms with Crippen LogP contribution in [0.2, 0.25) is 0 Å². The predicted octanol–water partition coefficient (Wildman–Crippen LogP) is 3.97. The number of carbonyl (C=O) groups excluding carboxylic acids is 2. The van der Waals surface area contributed by atoms with E-state index in [1.54, 1.807) is 37.6 Å². The average Bonchev–Trinajstić information content (AvgIpc) is 2.72. The molecule has 0 aliphatic rings. The smallest absolute Gasteiger partial charge is 0.253 e. The second-order valence-corrected chi connectivity index (χ2v) is 6.26. The molecule has 0 atom stereocenters. The number of ether oxygens (including phenoxy) is 1. The maximum atomic E-state index is 12.4. The molecule has 1 amide bonds. The van der Waals surface area contributed by atoms with Gasteiger partial charge in [-0.15, -0.1) is 0 Å². The Kier molecular flexibility index (Phi) is 6.01. The number of ketones is 1. The van der Waals surface area contributed by atoms with Crippen LogP contribution in [0.1, 0.15) is 33.2 Å². The molecule has 0 bridgehead atoms. The van der Waals surface area contributed by atoms with Crippen LogP contribution in [-0.4, -0.2) is 23.8 Å². The highest BCUT2D eigenvalue weighted by molar-refractivity contribution is 5.96. The third-order valence-corrected chi connectivity index (χ3v) is 4.17. The fourth-order valence-electron chi connectivity index (χ4n) is 2.64. The molecule has 0 aliphatic heterocycles. The number of pyridine rings is 1. The van der Waals surface area contributed by atoms with Crippen molar-refractivity contribution in [3.05, 3.63) is 83.7 Å². The summed E-state index contributed by atoms with van der Waals surface area (Å²) in [6.07, 6.45) is 3.14. The molecule has 1 heterocycles. The fourth-order valence-corrected chi connectivity index (χ4v) is 2.64. The van der Waals surface area contributed by atoms with E-state index >= 15 is 0 Å². The number of nitrogens with zero attached hydrogens (tertiary/aromatic N) is 1. The third kappa shape index (κ3) is 4.94. The van der Waals surface area contributed by atoms with E-state index in [1.807, 2.05) is 30.3 Å². The SMILES string of the molecule is COc1ccc(CNC(=O)c2cncc(Nc3cccc(C(C)=O)c3)c2)cc1. The Morgan fingerprint density at radius 1 is 0.964 bits per heavy atom. The molecule has 3 rings (SSSR count). The average molecular weight is 375 g/mol. The number of methoxy groups -OCH3 is 1. The van der Waals surface area contributed by atoms with Crippen molar-refractivity contribution >= 4 is 23.1 Å². The highest BCUT2D eigenvalue weighted by atomic mass is 16.5. The molecule has 0 saturated carbocycles. The van der Waals surface area contributed by atoms with Crippen molar-refractivity contribution in [3.63, 3.8) is 0 Å². The van der Waals surface area contributed by atoms with Crippen LogP contribution in [0, 0.1) is 0 Å². The molecule has 6 heteroatoms. The number of benzene rings is 2. The van der Waals surface area contributed by atoms with Crippen LogP contribution in [0.15, 0.2) is 67.0 Å². The minimum Gasteiger partial charge on any atom is -0.497 e. The lowest BCUT2D eigenvalue weighted by molar-refractivity contribution is 0.0949. The number of rotatable bonds is 7. The number of hydrogen-bond acceptors (Lipinski definition) is 5. The molecule has 0 radical (unpaired) electrons. The van der Waals surface area contributed by atoms with E-state index in [0.29, 0.717) is 23.4 Å². The Morgan fingerprint density at radius 2 is 1.71 bits per heavy atom. The van der Waals surface area contributed by atoms with Gasteiger partial charge in [0.2, 0.25) is 0 Å². The second-order valence-electron chi connectivity index (χ2n) is 6.26. The summed E-state index contributed by atoms with van der Waals surface area (Å²) in [5, 5.41) is 6.05. The zero-order valence-corrected chi connectivity index (χ0v) is 15.7. The van der Waals surface area contributed by atoms with Crippen molar-refractivity contribution in [3.8, 4) is 5.75 Å². The van der Waals surface area contributed by atoms with Crippen molar-refractivity contribution in [1.82, 2.24) is 10.3 Å². The topological polar surface area (TPSA) is 80.3 Å². The Hall–Kier alpha value is -3.67. The molecule has 1 aromatic heterocycles. The quantitative estimate of drug-likeness (QED) is 0.611. The van der Waals surface area contributed by atoms with Gasteiger partial charge in [0, 0.05) is 24.0 Å². The van der Waals surface area contributed by atoms with Crippen LogP contribution in [0.5, 0.6) is 5.75 Å². The van der Waals surface area contributed by atoms with E-state index in [1.165, 1.54) is 13.1 Å². The van der Waals surface area contributed by atoms with Crippen LogP contribution in [0.3, 0.4) is 0 Å². The molecule has 0 spiro atoms. The minimum absolute atomic E-state index is 0.00608. The number of carbonyl (C=O) groups is 2. The second kappa shape index (κ2) is 8.81.